The highest BCUT2D eigenvalue weighted by Crippen LogP contribution is 2.22. The molecule has 21 heavy (non-hydrogen) atoms. The van der Waals surface area contributed by atoms with Crippen molar-refractivity contribution in [2.75, 3.05) is 11.8 Å². The zero-order chi connectivity index (χ0) is 15.5. The smallest absolute Gasteiger partial charge is 0.264 e. The molecule has 2 aromatic rings. The summed E-state index contributed by atoms with van der Waals surface area (Å²) < 4.78 is 41.5. The molecule has 0 aliphatic heterocycles. The van der Waals surface area contributed by atoms with Gasteiger partial charge in [-0.1, -0.05) is 28.1 Å². The number of rotatable bonds is 5. The van der Waals surface area contributed by atoms with E-state index in [1.165, 1.54) is 12.1 Å². The van der Waals surface area contributed by atoms with Crippen molar-refractivity contribution in [1.82, 2.24) is 5.32 Å². The second-order valence-electron chi connectivity index (χ2n) is 4.41. The van der Waals surface area contributed by atoms with Crippen LogP contribution in [0.25, 0.3) is 0 Å². The Morgan fingerprint density at radius 2 is 1.95 bits per heavy atom. The molecular weight excluding hydrogens is 359 g/mol. The van der Waals surface area contributed by atoms with Crippen LogP contribution in [0.1, 0.15) is 5.56 Å². The van der Waals surface area contributed by atoms with Crippen LogP contribution in [0.2, 0.25) is 0 Å². The molecule has 0 aliphatic carbocycles. The number of hydrogen-bond acceptors (Lipinski definition) is 3. The first kappa shape index (κ1) is 15.9. The Hall–Kier alpha value is -1.44. The summed E-state index contributed by atoms with van der Waals surface area (Å²) in [7, 11) is -2.23. The minimum absolute atomic E-state index is 0.364. The number of hydrogen-bond donors (Lipinski definition) is 2. The fourth-order valence-electron chi connectivity index (χ4n) is 1.84. The average molecular weight is 373 g/mol. The zero-order valence-corrected chi connectivity index (χ0v) is 13.6. The monoisotopic (exact) mass is 372 g/mol. The SMILES string of the molecule is CNCc1ccc(S(=O)(=O)Nc2cccc(Br)c2)c(F)c1. The lowest BCUT2D eigenvalue weighted by molar-refractivity contribution is 0.568. The van der Waals surface area contributed by atoms with Crippen molar-refractivity contribution >= 4 is 31.6 Å². The van der Waals surface area contributed by atoms with E-state index >= 15 is 0 Å². The second kappa shape index (κ2) is 6.55. The van der Waals surface area contributed by atoms with E-state index in [4.69, 9.17) is 0 Å². The minimum Gasteiger partial charge on any atom is -0.316 e. The molecular formula is C14H14BrFN2O2S. The molecule has 0 bridgehead atoms. The number of sulfonamides is 1. The lowest BCUT2D eigenvalue weighted by Gasteiger charge is -2.10. The van der Waals surface area contributed by atoms with Crippen LogP contribution in [0.3, 0.4) is 0 Å². The van der Waals surface area contributed by atoms with E-state index in [2.05, 4.69) is 26.0 Å². The van der Waals surface area contributed by atoms with Gasteiger partial charge < -0.3 is 5.32 Å². The quantitative estimate of drug-likeness (QED) is 0.847. The summed E-state index contributed by atoms with van der Waals surface area (Å²) in [6.07, 6.45) is 0. The van der Waals surface area contributed by atoms with E-state index in [1.807, 2.05) is 0 Å². The summed E-state index contributed by atoms with van der Waals surface area (Å²) in [5, 5.41) is 2.88. The van der Waals surface area contributed by atoms with Gasteiger partial charge in [0.05, 0.1) is 0 Å². The number of nitrogens with one attached hydrogen (secondary N) is 2. The van der Waals surface area contributed by atoms with Crippen molar-refractivity contribution < 1.29 is 12.8 Å². The summed E-state index contributed by atoms with van der Waals surface area (Å²) in [6.45, 7) is 0.469. The molecule has 0 saturated carbocycles. The highest BCUT2D eigenvalue weighted by molar-refractivity contribution is 9.10. The Kier molecular flexibility index (Phi) is 4.97. The lowest BCUT2D eigenvalue weighted by Crippen LogP contribution is -2.15. The molecule has 0 amide bonds. The van der Waals surface area contributed by atoms with Gasteiger partial charge in [0.1, 0.15) is 10.7 Å². The van der Waals surface area contributed by atoms with Crippen LogP contribution >= 0.6 is 15.9 Å². The fraction of sp³-hybridized carbons (Fsp3) is 0.143. The van der Waals surface area contributed by atoms with Crippen LogP contribution in [0.5, 0.6) is 0 Å². The normalized spacial score (nSPS) is 11.4. The maximum Gasteiger partial charge on any atom is 0.264 e. The van der Waals surface area contributed by atoms with Gasteiger partial charge in [0, 0.05) is 16.7 Å². The minimum atomic E-state index is -3.96. The molecule has 0 unspecified atom stereocenters. The molecule has 0 saturated heterocycles. The van der Waals surface area contributed by atoms with Crippen molar-refractivity contribution in [3.8, 4) is 0 Å². The van der Waals surface area contributed by atoms with Gasteiger partial charge in [0.15, 0.2) is 0 Å². The highest BCUT2D eigenvalue weighted by atomic mass is 79.9. The Bertz CT molecular complexity index is 750. The van der Waals surface area contributed by atoms with Gasteiger partial charge in [-0.05, 0) is 42.9 Å². The molecule has 2 N–H and O–H groups in total. The predicted octanol–water partition coefficient (Wildman–Crippen LogP) is 3.11. The van der Waals surface area contributed by atoms with E-state index < -0.39 is 15.8 Å². The molecule has 0 fully saturated rings. The second-order valence-corrected chi connectivity index (χ2v) is 6.98. The Morgan fingerprint density at radius 1 is 1.19 bits per heavy atom. The summed E-state index contributed by atoms with van der Waals surface area (Å²) >= 11 is 3.25. The summed E-state index contributed by atoms with van der Waals surface area (Å²) in [6, 6.07) is 10.7. The molecule has 7 heteroatoms. The Balaban J connectivity index is 2.31. The Labute approximate surface area is 131 Å². The van der Waals surface area contributed by atoms with E-state index in [1.54, 1.807) is 37.4 Å². The summed E-state index contributed by atoms with van der Waals surface area (Å²) in [5.41, 5.74) is 1.04. The number of benzene rings is 2. The van der Waals surface area contributed by atoms with Crippen LogP contribution in [0, 0.1) is 5.82 Å². The molecule has 112 valence electrons. The number of halogens is 2. The third kappa shape index (κ3) is 4.03. The molecule has 2 aromatic carbocycles. The summed E-state index contributed by atoms with van der Waals surface area (Å²) in [5.74, 6) is -0.773. The van der Waals surface area contributed by atoms with E-state index in [0.717, 1.165) is 4.47 Å². The largest absolute Gasteiger partial charge is 0.316 e. The zero-order valence-electron chi connectivity index (χ0n) is 11.2. The van der Waals surface area contributed by atoms with Gasteiger partial charge in [-0.2, -0.15) is 0 Å². The van der Waals surface area contributed by atoms with E-state index in [0.29, 0.717) is 17.8 Å². The summed E-state index contributed by atoms with van der Waals surface area (Å²) in [4.78, 5) is -0.373. The number of anilines is 1. The van der Waals surface area contributed by atoms with Crippen LogP contribution in [-0.4, -0.2) is 15.5 Å². The first-order valence-corrected chi connectivity index (χ1v) is 8.41. The first-order chi connectivity index (χ1) is 9.92. The third-order valence-electron chi connectivity index (χ3n) is 2.74. The van der Waals surface area contributed by atoms with Gasteiger partial charge in [-0.25, -0.2) is 12.8 Å². The molecule has 0 radical (unpaired) electrons. The fourth-order valence-corrected chi connectivity index (χ4v) is 3.35. The van der Waals surface area contributed by atoms with Crippen LogP contribution < -0.4 is 10.0 Å². The van der Waals surface area contributed by atoms with Crippen molar-refractivity contribution in [3.05, 3.63) is 58.3 Å². The topological polar surface area (TPSA) is 58.2 Å². The third-order valence-corrected chi connectivity index (χ3v) is 4.65. The van der Waals surface area contributed by atoms with Crippen LogP contribution in [0.4, 0.5) is 10.1 Å². The predicted molar refractivity (Wildman–Crippen MR) is 84.1 cm³/mol. The molecule has 2 rings (SSSR count). The molecule has 0 heterocycles. The van der Waals surface area contributed by atoms with Gasteiger partial charge in [0.2, 0.25) is 0 Å². The van der Waals surface area contributed by atoms with Gasteiger partial charge in [-0.15, -0.1) is 0 Å². The van der Waals surface area contributed by atoms with E-state index in [9.17, 15) is 12.8 Å². The molecule has 0 spiro atoms. The van der Waals surface area contributed by atoms with Gasteiger partial charge in [-0.3, -0.25) is 4.72 Å². The molecule has 0 atom stereocenters. The van der Waals surface area contributed by atoms with Crippen molar-refractivity contribution in [1.29, 1.82) is 0 Å². The van der Waals surface area contributed by atoms with Gasteiger partial charge >= 0.3 is 0 Å². The molecule has 0 aliphatic rings. The molecule has 0 aromatic heterocycles. The lowest BCUT2D eigenvalue weighted by atomic mass is 10.2. The van der Waals surface area contributed by atoms with Gasteiger partial charge in [0.25, 0.3) is 10.0 Å². The van der Waals surface area contributed by atoms with Crippen LogP contribution in [-0.2, 0) is 16.6 Å². The highest BCUT2D eigenvalue weighted by Gasteiger charge is 2.19. The average Bonchev–Trinajstić information content (AvgIpc) is 2.38. The molecule has 4 nitrogen and oxygen atoms in total. The van der Waals surface area contributed by atoms with Crippen molar-refractivity contribution in [2.45, 2.75) is 11.4 Å². The standard InChI is InChI=1S/C14H14BrFN2O2S/c1-17-9-10-5-6-14(13(16)7-10)21(19,20)18-12-4-2-3-11(15)8-12/h2-8,17-18H,9H2,1H3. The van der Waals surface area contributed by atoms with E-state index in [-0.39, 0.29) is 4.90 Å². The maximum atomic E-state index is 14.0. The maximum absolute atomic E-state index is 14.0. The van der Waals surface area contributed by atoms with Crippen LogP contribution in [0.15, 0.2) is 51.8 Å². The van der Waals surface area contributed by atoms with Crippen molar-refractivity contribution in [2.24, 2.45) is 0 Å². The van der Waals surface area contributed by atoms with Crippen molar-refractivity contribution in [3.63, 3.8) is 0 Å². The Morgan fingerprint density at radius 3 is 2.57 bits per heavy atom. The first-order valence-electron chi connectivity index (χ1n) is 6.14.